The molecule has 2 aromatic heterocycles. The Morgan fingerprint density at radius 1 is 0.745 bits per heavy atom. The van der Waals surface area contributed by atoms with Crippen LogP contribution in [0.2, 0.25) is 5.02 Å². The van der Waals surface area contributed by atoms with Crippen LogP contribution in [0.5, 0.6) is 0 Å². The first kappa shape index (κ1) is 37.3. The lowest BCUT2D eigenvalue weighted by molar-refractivity contribution is -0.0504. The van der Waals surface area contributed by atoms with Gasteiger partial charge in [-0.3, -0.25) is 14.9 Å². The Morgan fingerprint density at radius 2 is 1.45 bits per heavy atom. The number of halogens is 2. The van der Waals surface area contributed by atoms with E-state index in [4.69, 9.17) is 26.3 Å². The van der Waals surface area contributed by atoms with Gasteiger partial charge in [-0.25, -0.2) is 4.39 Å². The number of aliphatic hydroxyl groups excluding tert-OH is 2. The minimum Gasteiger partial charge on any atom is -0.391 e. The summed E-state index contributed by atoms with van der Waals surface area (Å²) in [7, 11) is 0. The largest absolute Gasteiger partial charge is 0.391 e. The van der Waals surface area contributed by atoms with Crippen LogP contribution in [0.4, 0.5) is 4.39 Å². The molecule has 9 atom stereocenters. The van der Waals surface area contributed by atoms with Gasteiger partial charge in [-0.1, -0.05) is 72.3 Å². The van der Waals surface area contributed by atoms with E-state index in [-0.39, 0.29) is 36.1 Å². The smallest absolute Gasteiger partial charge is 0.139 e. The Hall–Kier alpha value is -3.24. The fourth-order valence-corrected chi connectivity index (χ4v) is 11.3. The molecule has 3 fully saturated rings. The minimum absolute atomic E-state index is 0.0411. The van der Waals surface area contributed by atoms with Gasteiger partial charge in [-0.2, -0.15) is 0 Å². The summed E-state index contributed by atoms with van der Waals surface area (Å²) in [6.07, 6.45) is 10.1. The summed E-state index contributed by atoms with van der Waals surface area (Å²) >= 11 is 6.55. The number of ether oxygens (including phenoxy) is 1. The number of aromatic nitrogens is 2. The first-order chi connectivity index (χ1) is 26.8. The van der Waals surface area contributed by atoms with E-state index in [1.54, 1.807) is 6.20 Å². The van der Waals surface area contributed by atoms with E-state index in [0.29, 0.717) is 37.4 Å². The van der Waals surface area contributed by atoms with E-state index in [1.165, 1.54) is 5.56 Å². The van der Waals surface area contributed by atoms with Crippen LogP contribution < -0.4 is 0 Å². The number of pyridine rings is 2. The number of aliphatic hydroxyl groups is 2. The normalized spacial score (nSPS) is 34.0. The number of nitrogens with zero attached hydrogens (tertiary/aromatic N) is 4. The number of hydrogen-bond donors (Lipinski definition) is 2. The number of likely N-dealkylation sites (tertiary alicyclic amines) is 1. The molecule has 7 nitrogen and oxygen atoms in total. The summed E-state index contributed by atoms with van der Waals surface area (Å²) < 4.78 is 23.9. The lowest BCUT2D eigenvalue weighted by Gasteiger charge is -2.44. The van der Waals surface area contributed by atoms with Gasteiger partial charge in [0, 0.05) is 73.5 Å². The molecule has 3 saturated heterocycles. The third-order valence-electron chi connectivity index (χ3n) is 13.7. The number of alkyl halides is 1. The number of benzene rings is 2. The van der Waals surface area contributed by atoms with Crippen LogP contribution in [0.3, 0.4) is 0 Å². The van der Waals surface area contributed by atoms with Gasteiger partial charge in [0.05, 0.1) is 29.7 Å². The molecule has 2 aliphatic carbocycles. The van der Waals surface area contributed by atoms with Crippen LogP contribution >= 0.6 is 11.6 Å². The molecule has 3 aliphatic heterocycles. The van der Waals surface area contributed by atoms with E-state index in [1.807, 2.05) is 72.9 Å². The van der Waals surface area contributed by atoms with Crippen LogP contribution in [0.15, 0.2) is 91.3 Å². The third kappa shape index (κ3) is 7.75. The molecule has 290 valence electrons. The number of fused-ring (bicyclic) bond motifs is 4. The molecule has 5 aliphatic rings. The van der Waals surface area contributed by atoms with E-state index < -0.39 is 17.9 Å². The van der Waals surface area contributed by atoms with Crippen molar-refractivity contribution >= 4 is 11.6 Å². The SMILES string of the molecule is O[C@H]1C[C@H](CN2C3CCC2CC(F)(c2ccccc2)C3)CC(O[C@H]2C[C@H](CN3CC[C@H](c4ccccc4Cl)[C@@H](O)C3)CCc3cccnc32)c2cccnc21. The summed E-state index contributed by atoms with van der Waals surface area (Å²) in [4.78, 5) is 14.7. The maximum Gasteiger partial charge on any atom is 0.139 e. The van der Waals surface area contributed by atoms with Crippen molar-refractivity contribution in [3.05, 3.63) is 130 Å². The molecular formula is C46H54ClFN4O3. The van der Waals surface area contributed by atoms with Crippen molar-refractivity contribution < 1.29 is 19.3 Å². The average molecular weight is 765 g/mol. The zero-order valence-corrected chi connectivity index (χ0v) is 32.4. The lowest BCUT2D eigenvalue weighted by Crippen LogP contribution is -2.49. The summed E-state index contributed by atoms with van der Waals surface area (Å²) in [6.45, 7) is 3.24. The number of piperidine rings is 2. The quantitative estimate of drug-likeness (QED) is 0.174. The average Bonchev–Trinajstić information content (AvgIpc) is 3.31. The standard InChI is InChI=1S/C46H54ClFN4O3/c47-39-13-5-4-11-36(39)37-18-21-51(29-41(37)54)27-30-14-15-32-8-6-19-49-44(32)43(23-30)55-42-24-31(22-40(53)45-38(42)12-7-20-50-45)28-52-34-16-17-35(52)26-46(48,25-34)33-9-2-1-3-10-33/h1-13,19-20,30-31,34-35,37,40-43,53-54H,14-18,21-29H2/t30-,31+,34?,35?,37-,40+,41+,42?,43+,46?/m1/s1. The third-order valence-corrected chi connectivity index (χ3v) is 14.0. The second-order valence-electron chi connectivity index (χ2n) is 17.2. The minimum atomic E-state index is -1.29. The Balaban J connectivity index is 0.926. The van der Waals surface area contributed by atoms with E-state index in [0.717, 1.165) is 92.0 Å². The zero-order valence-electron chi connectivity index (χ0n) is 31.6. The van der Waals surface area contributed by atoms with Crippen LogP contribution in [-0.4, -0.2) is 74.3 Å². The Labute approximate surface area is 329 Å². The maximum atomic E-state index is 16.6. The zero-order chi connectivity index (χ0) is 37.5. The first-order valence-electron chi connectivity index (χ1n) is 20.7. The molecule has 0 spiro atoms. The monoisotopic (exact) mass is 764 g/mol. The topological polar surface area (TPSA) is 82.0 Å². The summed E-state index contributed by atoms with van der Waals surface area (Å²) in [5, 5.41) is 23.7. The molecular weight excluding hydrogens is 711 g/mol. The molecule has 4 aromatic rings. The first-order valence-corrected chi connectivity index (χ1v) is 21.1. The number of rotatable bonds is 8. The second kappa shape index (κ2) is 16.0. The highest BCUT2D eigenvalue weighted by Gasteiger charge is 2.50. The predicted octanol–water partition coefficient (Wildman–Crippen LogP) is 8.67. The molecule has 2 bridgehead atoms. The summed E-state index contributed by atoms with van der Waals surface area (Å²) in [5.74, 6) is 0.560. The second-order valence-corrected chi connectivity index (χ2v) is 17.6. The van der Waals surface area contributed by atoms with Crippen molar-refractivity contribution in [2.75, 3.05) is 26.2 Å². The van der Waals surface area contributed by atoms with Gasteiger partial charge in [0.1, 0.15) is 11.8 Å². The van der Waals surface area contributed by atoms with E-state index >= 15 is 4.39 Å². The molecule has 0 saturated carbocycles. The molecule has 3 unspecified atom stereocenters. The highest BCUT2D eigenvalue weighted by molar-refractivity contribution is 6.31. The molecule has 55 heavy (non-hydrogen) atoms. The van der Waals surface area contributed by atoms with Crippen LogP contribution in [0, 0.1) is 11.8 Å². The van der Waals surface area contributed by atoms with Gasteiger partial charge in [0.2, 0.25) is 0 Å². The molecule has 2 aromatic carbocycles. The molecule has 9 heteroatoms. The predicted molar refractivity (Wildman–Crippen MR) is 212 cm³/mol. The van der Waals surface area contributed by atoms with Crippen LogP contribution in [0.25, 0.3) is 0 Å². The van der Waals surface area contributed by atoms with Gasteiger partial charge < -0.3 is 19.8 Å². The van der Waals surface area contributed by atoms with Crippen molar-refractivity contribution in [3.8, 4) is 0 Å². The van der Waals surface area contributed by atoms with Crippen molar-refractivity contribution in [3.63, 3.8) is 0 Å². The van der Waals surface area contributed by atoms with Crippen LogP contribution in [-0.2, 0) is 16.8 Å². The fourth-order valence-electron chi connectivity index (χ4n) is 11.1. The highest BCUT2D eigenvalue weighted by atomic mass is 35.5. The highest BCUT2D eigenvalue weighted by Crippen LogP contribution is 2.50. The molecule has 0 radical (unpaired) electrons. The van der Waals surface area contributed by atoms with Gasteiger partial charge in [0.15, 0.2) is 0 Å². The van der Waals surface area contributed by atoms with Gasteiger partial charge >= 0.3 is 0 Å². The molecule has 0 amide bonds. The molecule has 9 rings (SSSR count). The van der Waals surface area contributed by atoms with Gasteiger partial charge in [-0.15, -0.1) is 0 Å². The summed E-state index contributed by atoms with van der Waals surface area (Å²) in [5.41, 5.74) is 4.49. The van der Waals surface area contributed by atoms with Gasteiger partial charge in [0.25, 0.3) is 0 Å². The van der Waals surface area contributed by atoms with Crippen molar-refractivity contribution in [1.82, 2.24) is 19.8 Å². The maximum absolute atomic E-state index is 16.6. The van der Waals surface area contributed by atoms with Gasteiger partial charge in [-0.05, 0) is 105 Å². The van der Waals surface area contributed by atoms with Crippen molar-refractivity contribution in [2.45, 2.75) is 112 Å². The number of hydrogen-bond acceptors (Lipinski definition) is 7. The van der Waals surface area contributed by atoms with E-state index in [2.05, 4.69) is 21.9 Å². The lowest BCUT2D eigenvalue weighted by atomic mass is 9.81. The number of β-amino-alcohol motifs (C(OH)–C–C–N with tert-alkyl or cyclic N) is 1. The number of aryl methyl sites for hydroxylation is 1. The fraction of sp³-hybridized carbons (Fsp3) is 0.522. The van der Waals surface area contributed by atoms with Crippen LogP contribution in [0.1, 0.15) is 116 Å². The molecule has 2 N–H and O–H groups in total. The van der Waals surface area contributed by atoms with E-state index in [9.17, 15) is 10.2 Å². The molecule has 5 heterocycles. The van der Waals surface area contributed by atoms with Crippen molar-refractivity contribution in [2.24, 2.45) is 11.8 Å². The Morgan fingerprint density at radius 3 is 2.24 bits per heavy atom. The Bertz CT molecular complexity index is 1920. The van der Waals surface area contributed by atoms with Crippen molar-refractivity contribution in [1.29, 1.82) is 0 Å². The summed E-state index contributed by atoms with van der Waals surface area (Å²) in [6, 6.07) is 26.3. The Kier molecular flexibility index (Phi) is 10.8.